The molecule has 1 saturated heterocycles. The fourth-order valence-corrected chi connectivity index (χ4v) is 4.11. The lowest BCUT2D eigenvalue weighted by molar-refractivity contribution is 0.0341. The Morgan fingerprint density at radius 3 is 2.63 bits per heavy atom. The van der Waals surface area contributed by atoms with Crippen molar-refractivity contribution in [2.75, 3.05) is 39.1 Å². The highest BCUT2D eigenvalue weighted by Crippen LogP contribution is 2.28. The zero-order chi connectivity index (χ0) is 20.5. The van der Waals surface area contributed by atoms with Crippen LogP contribution in [0.3, 0.4) is 0 Å². The summed E-state index contributed by atoms with van der Waals surface area (Å²) in [5.41, 5.74) is 11.4. The van der Waals surface area contributed by atoms with Gasteiger partial charge in [-0.25, -0.2) is 9.97 Å². The molecular weight excluding hydrogens is 378 g/mol. The van der Waals surface area contributed by atoms with E-state index in [1.54, 1.807) is 7.11 Å². The molecule has 0 atom stereocenters. The maximum Gasteiger partial charge on any atom is 0.206 e. The lowest BCUT2D eigenvalue weighted by atomic mass is 10.0. The van der Waals surface area contributed by atoms with Crippen molar-refractivity contribution < 1.29 is 9.47 Å². The van der Waals surface area contributed by atoms with Gasteiger partial charge >= 0.3 is 0 Å². The molecule has 0 bridgehead atoms. The smallest absolute Gasteiger partial charge is 0.206 e. The number of rotatable bonds is 5. The first kappa shape index (κ1) is 18.8. The molecule has 4 aromatic rings. The van der Waals surface area contributed by atoms with Crippen molar-refractivity contribution in [3.63, 3.8) is 0 Å². The lowest BCUT2D eigenvalue weighted by Gasteiger charge is -2.27. The Labute approximate surface area is 175 Å². The van der Waals surface area contributed by atoms with E-state index in [1.165, 1.54) is 11.1 Å². The minimum absolute atomic E-state index is 0.405. The second-order valence-corrected chi connectivity index (χ2v) is 7.59. The Morgan fingerprint density at radius 2 is 1.83 bits per heavy atom. The van der Waals surface area contributed by atoms with Crippen LogP contribution in [0.4, 0.5) is 5.95 Å². The van der Waals surface area contributed by atoms with E-state index in [9.17, 15) is 0 Å². The van der Waals surface area contributed by atoms with Gasteiger partial charge in [-0.3, -0.25) is 9.30 Å². The molecule has 2 N–H and O–H groups in total. The average Bonchev–Trinajstić information content (AvgIpc) is 3.20. The number of fused-ring (bicyclic) bond motifs is 3. The fourth-order valence-electron chi connectivity index (χ4n) is 4.11. The molecule has 7 nitrogen and oxygen atoms in total. The third kappa shape index (κ3) is 3.46. The average molecular weight is 403 g/mol. The number of imidazole rings is 1. The van der Waals surface area contributed by atoms with E-state index < -0.39 is 0 Å². The number of benzene rings is 2. The molecule has 0 radical (unpaired) electrons. The summed E-state index contributed by atoms with van der Waals surface area (Å²) < 4.78 is 12.8. The third-order valence-electron chi connectivity index (χ3n) is 5.68. The van der Waals surface area contributed by atoms with Crippen LogP contribution in [0.25, 0.3) is 16.6 Å². The zero-order valence-corrected chi connectivity index (χ0v) is 17.0. The highest BCUT2D eigenvalue weighted by Gasteiger charge is 2.16. The highest BCUT2D eigenvalue weighted by molar-refractivity contribution is 5.96. The van der Waals surface area contributed by atoms with Gasteiger partial charge < -0.3 is 15.2 Å². The number of hydrogen-bond acceptors (Lipinski definition) is 6. The summed E-state index contributed by atoms with van der Waals surface area (Å²) in [5, 5.41) is 0.927. The van der Waals surface area contributed by atoms with Crippen LogP contribution in [-0.4, -0.2) is 52.7 Å². The van der Waals surface area contributed by atoms with Crippen LogP contribution in [0.2, 0.25) is 0 Å². The molecule has 1 fully saturated rings. The predicted octanol–water partition coefficient (Wildman–Crippen LogP) is 2.90. The van der Waals surface area contributed by atoms with Crippen molar-refractivity contribution in [1.82, 2.24) is 19.3 Å². The maximum atomic E-state index is 6.24. The van der Waals surface area contributed by atoms with E-state index in [0.717, 1.165) is 61.5 Å². The highest BCUT2D eigenvalue weighted by atomic mass is 16.5. The summed E-state index contributed by atoms with van der Waals surface area (Å²) in [6.45, 7) is 4.48. The summed E-state index contributed by atoms with van der Waals surface area (Å²) in [6, 6.07) is 14.4. The Hall–Kier alpha value is -3.16. The first-order valence-electron chi connectivity index (χ1n) is 10.2. The summed E-state index contributed by atoms with van der Waals surface area (Å²) in [5.74, 6) is 1.10. The normalized spacial score (nSPS) is 15.1. The summed E-state index contributed by atoms with van der Waals surface area (Å²) in [7, 11) is 1.64. The van der Waals surface area contributed by atoms with Gasteiger partial charge in [0.05, 0.1) is 26.0 Å². The molecule has 2 aromatic heterocycles. The van der Waals surface area contributed by atoms with Crippen molar-refractivity contribution in [2.45, 2.75) is 13.0 Å². The Bertz CT molecular complexity index is 1200. The summed E-state index contributed by atoms with van der Waals surface area (Å²) in [4.78, 5) is 11.9. The minimum Gasteiger partial charge on any atom is -0.494 e. The fraction of sp³-hybridized carbons (Fsp3) is 0.304. The van der Waals surface area contributed by atoms with Crippen LogP contribution in [0.5, 0.6) is 5.75 Å². The van der Waals surface area contributed by atoms with E-state index in [0.29, 0.717) is 11.7 Å². The molecule has 154 valence electrons. The topological polar surface area (TPSA) is 77.9 Å². The molecular formula is C23H25N5O2. The third-order valence-corrected chi connectivity index (χ3v) is 5.68. The molecule has 2 aromatic carbocycles. The summed E-state index contributed by atoms with van der Waals surface area (Å²) in [6.07, 6.45) is 2.73. The number of hydrogen-bond donors (Lipinski definition) is 1. The van der Waals surface area contributed by atoms with E-state index in [-0.39, 0.29) is 0 Å². The molecule has 0 aliphatic carbocycles. The van der Waals surface area contributed by atoms with E-state index >= 15 is 0 Å². The Kier molecular flexibility index (Phi) is 4.98. The van der Waals surface area contributed by atoms with Crippen LogP contribution < -0.4 is 10.5 Å². The lowest BCUT2D eigenvalue weighted by Crippen LogP contribution is -2.35. The van der Waals surface area contributed by atoms with Crippen molar-refractivity contribution in [3.05, 3.63) is 65.5 Å². The van der Waals surface area contributed by atoms with Gasteiger partial charge in [0.25, 0.3) is 0 Å². The van der Waals surface area contributed by atoms with Crippen molar-refractivity contribution in [3.8, 4) is 5.75 Å². The second kappa shape index (κ2) is 7.93. The number of nitrogen functional groups attached to an aromatic ring is 1. The van der Waals surface area contributed by atoms with Gasteiger partial charge in [0.1, 0.15) is 16.9 Å². The van der Waals surface area contributed by atoms with Gasteiger partial charge in [-0.1, -0.05) is 30.3 Å². The van der Waals surface area contributed by atoms with Crippen molar-refractivity contribution in [2.24, 2.45) is 0 Å². The van der Waals surface area contributed by atoms with Gasteiger partial charge in [-0.15, -0.1) is 0 Å². The Balaban J connectivity index is 1.51. The number of morpholine rings is 1. The van der Waals surface area contributed by atoms with Gasteiger partial charge in [0.2, 0.25) is 5.95 Å². The first-order valence-corrected chi connectivity index (χ1v) is 10.2. The molecule has 5 rings (SSSR count). The van der Waals surface area contributed by atoms with Crippen LogP contribution in [-0.2, 0) is 17.7 Å². The number of anilines is 1. The largest absolute Gasteiger partial charge is 0.494 e. The molecule has 7 heteroatoms. The number of para-hydroxylation sites is 1. The minimum atomic E-state index is 0.405. The number of nitrogens with two attached hydrogens (primary N) is 1. The molecule has 1 aliphatic heterocycles. The van der Waals surface area contributed by atoms with Crippen LogP contribution in [0, 0.1) is 0 Å². The molecule has 0 amide bonds. The van der Waals surface area contributed by atoms with Gasteiger partial charge in [-0.05, 0) is 23.3 Å². The zero-order valence-electron chi connectivity index (χ0n) is 17.0. The number of ether oxygens (including phenoxy) is 2. The molecule has 30 heavy (non-hydrogen) atoms. The van der Waals surface area contributed by atoms with Crippen LogP contribution in [0.1, 0.15) is 16.8 Å². The number of aromatic nitrogens is 3. The monoisotopic (exact) mass is 403 g/mol. The van der Waals surface area contributed by atoms with Gasteiger partial charge in [-0.2, -0.15) is 0 Å². The van der Waals surface area contributed by atoms with Gasteiger partial charge in [0, 0.05) is 37.6 Å². The predicted molar refractivity (Wildman–Crippen MR) is 117 cm³/mol. The van der Waals surface area contributed by atoms with Crippen LogP contribution in [0.15, 0.2) is 48.7 Å². The van der Waals surface area contributed by atoms with E-state index in [4.69, 9.17) is 20.2 Å². The quantitative estimate of drug-likeness (QED) is 0.552. The maximum absolute atomic E-state index is 6.24. The first-order chi connectivity index (χ1) is 14.7. The van der Waals surface area contributed by atoms with E-state index in [1.807, 2.05) is 28.8 Å². The molecule has 0 spiro atoms. The Morgan fingerprint density at radius 1 is 1.03 bits per heavy atom. The molecule has 3 heterocycles. The molecule has 1 aliphatic rings. The van der Waals surface area contributed by atoms with Crippen molar-refractivity contribution >= 4 is 22.5 Å². The number of methoxy groups -OCH3 is 1. The number of nitrogens with zero attached hydrogens (tertiary/aromatic N) is 4. The van der Waals surface area contributed by atoms with Crippen LogP contribution >= 0.6 is 0 Å². The molecule has 0 unspecified atom stereocenters. The van der Waals surface area contributed by atoms with E-state index in [2.05, 4.69) is 34.1 Å². The van der Waals surface area contributed by atoms with Crippen molar-refractivity contribution in [1.29, 1.82) is 0 Å². The molecule has 0 saturated carbocycles. The standard InChI is InChI=1S/C23H25N5O2/c1-29-20-8-4-7-19-21(20)26-23(24)28-15-18(25-22(19)28)13-16-5-2-3-6-17(16)14-27-9-11-30-12-10-27/h2-8,15H,9-14H2,1H3,(H2,24,26). The second-order valence-electron chi connectivity index (χ2n) is 7.59. The SMILES string of the molecule is COc1cccc2c1nc(N)n1cc(Cc3ccccc3CN3CCOCC3)nc21. The summed E-state index contributed by atoms with van der Waals surface area (Å²) >= 11 is 0. The van der Waals surface area contributed by atoms with Gasteiger partial charge in [0.15, 0.2) is 0 Å².